The minimum absolute atomic E-state index is 0.324. The molecule has 0 saturated carbocycles. The maximum atomic E-state index is 5.28. The molecule has 4 heteroatoms. The first kappa shape index (κ1) is 25.8. The SMILES string of the molecule is CCCCOC(C)C.COC(C)C.COCCOC(C)C. The van der Waals surface area contributed by atoms with Crippen molar-refractivity contribution in [3.8, 4) is 0 Å². The predicted molar refractivity (Wildman–Crippen MR) is 91.1 cm³/mol. The molecular weight excluding hydrogens is 268 g/mol. The normalized spacial score (nSPS) is 10.3. The summed E-state index contributed by atoms with van der Waals surface area (Å²) in [4.78, 5) is 0. The Hall–Kier alpha value is -0.160. The molecule has 0 spiro atoms. The van der Waals surface area contributed by atoms with Crippen LogP contribution in [0.4, 0.5) is 0 Å². The molecule has 0 saturated heterocycles. The van der Waals surface area contributed by atoms with Crippen LogP contribution in [0.1, 0.15) is 61.3 Å². The highest BCUT2D eigenvalue weighted by Gasteiger charge is 1.89. The van der Waals surface area contributed by atoms with Crippen LogP contribution in [0, 0.1) is 0 Å². The molecule has 0 aromatic carbocycles. The van der Waals surface area contributed by atoms with E-state index in [0.29, 0.717) is 31.5 Å². The van der Waals surface area contributed by atoms with Gasteiger partial charge in [-0.2, -0.15) is 0 Å². The van der Waals surface area contributed by atoms with Crippen LogP contribution >= 0.6 is 0 Å². The van der Waals surface area contributed by atoms with Gasteiger partial charge in [0.15, 0.2) is 0 Å². The minimum Gasteiger partial charge on any atom is -0.382 e. The highest BCUT2D eigenvalue weighted by atomic mass is 16.5. The molecule has 0 aliphatic rings. The van der Waals surface area contributed by atoms with Gasteiger partial charge in [-0.1, -0.05) is 13.3 Å². The van der Waals surface area contributed by atoms with E-state index in [4.69, 9.17) is 18.9 Å². The Balaban J connectivity index is -0.000000239. The standard InChI is InChI=1S/C7H16O.C6H14O2.C4H10O/c1-4-5-6-8-7(2)3;1-6(2)8-5-4-7-3;1-4(2)5-3/h7H,4-6H2,1-3H3;6H,4-5H2,1-3H3;4H,1-3H3. The van der Waals surface area contributed by atoms with Gasteiger partial charge in [-0.05, 0) is 48.0 Å². The Morgan fingerprint density at radius 3 is 1.38 bits per heavy atom. The molecule has 0 heterocycles. The summed E-state index contributed by atoms with van der Waals surface area (Å²) in [5.74, 6) is 0. The van der Waals surface area contributed by atoms with E-state index in [-0.39, 0.29) is 0 Å². The van der Waals surface area contributed by atoms with Crippen molar-refractivity contribution in [2.75, 3.05) is 34.0 Å². The third-order valence-corrected chi connectivity index (χ3v) is 2.16. The summed E-state index contributed by atoms with van der Waals surface area (Å²) in [6, 6.07) is 0. The van der Waals surface area contributed by atoms with E-state index in [2.05, 4.69) is 20.8 Å². The Kier molecular flexibility index (Phi) is 27.2. The van der Waals surface area contributed by atoms with Crippen molar-refractivity contribution in [1.82, 2.24) is 0 Å². The first-order valence-electron chi connectivity index (χ1n) is 8.06. The van der Waals surface area contributed by atoms with Crippen molar-refractivity contribution in [3.63, 3.8) is 0 Å². The first-order chi connectivity index (χ1) is 9.81. The van der Waals surface area contributed by atoms with Gasteiger partial charge in [0.05, 0.1) is 31.5 Å². The van der Waals surface area contributed by atoms with Gasteiger partial charge in [0.1, 0.15) is 0 Å². The highest BCUT2D eigenvalue weighted by molar-refractivity contribution is 4.36. The number of rotatable bonds is 9. The highest BCUT2D eigenvalue weighted by Crippen LogP contribution is 1.92. The topological polar surface area (TPSA) is 36.9 Å². The quantitative estimate of drug-likeness (QED) is 0.595. The largest absolute Gasteiger partial charge is 0.382 e. The second-order valence-corrected chi connectivity index (χ2v) is 5.47. The second-order valence-electron chi connectivity index (χ2n) is 5.47. The van der Waals surface area contributed by atoms with Crippen LogP contribution in [0.5, 0.6) is 0 Å². The minimum atomic E-state index is 0.324. The van der Waals surface area contributed by atoms with E-state index in [0.717, 1.165) is 6.61 Å². The fourth-order valence-corrected chi connectivity index (χ4v) is 0.831. The fraction of sp³-hybridized carbons (Fsp3) is 1.00. The molecule has 0 rings (SSSR count). The molecule has 0 unspecified atom stereocenters. The van der Waals surface area contributed by atoms with Crippen molar-refractivity contribution in [3.05, 3.63) is 0 Å². The van der Waals surface area contributed by atoms with Gasteiger partial charge in [-0.15, -0.1) is 0 Å². The molecule has 0 atom stereocenters. The molecule has 0 radical (unpaired) electrons. The average Bonchev–Trinajstić information content (AvgIpc) is 2.40. The first-order valence-corrected chi connectivity index (χ1v) is 8.06. The fourth-order valence-electron chi connectivity index (χ4n) is 0.831. The molecule has 0 aromatic rings. The van der Waals surface area contributed by atoms with Crippen LogP contribution in [-0.2, 0) is 18.9 Å². The molecule has 0 N–H and O–H groups in total. The van der Waals surface area contributed by atoms with Gasteiger partial charge in [0.2, 0.25) is 0 Å². The lowest BCUT2D eigenvalue weighted by Crippen LogP contribution is -2.07. The third kappa shape index (κ3) is 45.0. The predicted octanol–water partition coefficient (Wildman–Crippen LogP) is 4.31. The molecular formula is C17H40O4. The summed E-state index contributed by atoms with van der Waals surface area (Å²) < 4.78 is 20.0. The van der Waals surface area contributed by atoms with Gasteiger partial charge in [-0.3, -0.25) is 0 Å². The van der Waals surface area contributed by atoms with Crippen molar-refractivity contribution >= 4 is 0 Å². The summed E-state index contributed by atoms with van der Waals surface area (Å²) >= 11 is 0. The lowest BCUT2D eigenvalue weighted by molar-refractivity contribution is 0.0351. The molecule has 4 nitrogen and oxygen atoms in total. The Morgan fingerprint density at radius 1 is 0.667 bits per heavy atom. The molecule has 0 aliphatic carbocycles. The molecule has 0 aliphatic heterocycles. The van der Waals surface area contributed by atoms with Gasteiger partial charge >= 0.3 is 0 Å². The van der Waals surface area contributed by atoms with Crippen LogP contribution in [0.15, 0.2) is 0 Å². The van der Waals surface area contributed by atoms with E-state index in [1.807, 2.05) is 27.7 Å². The number of unbranched alkanes of at least 4 members (excludes halogenated alkanes) is 1. The van der Waals surface area contributed by atoms with Crippen molar-refractivity contribution < 1.29 is 18.9 Å². The number of methoxy groups -OCH3 is 2. The Bertz CT molecular complexity index is 145. The number of hydrogen-bond acceptors (Lipinski definition) is 4. The van der Waals surface area contributed by atoms with Gasteiger partial charge in [0.25, 0.3) is 0 Å². The van der Waals surface area contributed by atoms with Crippen LogP contribution in [0.2, 0.25) is 0 Å². The summed E-state index contributed by atoms with van der Waals surface area (Å²) in [6.07, 6.45) is 3.53. The smallest absolute Gasteiger partial charge is 0.0703 e. The molecule has 0 aromatic heterocycles. The van der Waals surface area contributed by atoms with E-state index in [1.165, 1.54) is 12.8 Å². The monoisotopic (exact) mass is 308 g/mol. The zero-order chi connectivity index (χ0) is 17.1. The van der Waals surface area contributed by atoms with Crippen LogP contribution in [0.25, 0.3) is 0 Å². The lowest BCUT2D eigenvalue weighted by Gasteiger charge is -2.04. The van der Waals surface area contributed by atoms with Crippen LogP contribution in [-0.4, -0.2) is 52.4 Å². The lowest BCUT2D eigenvalue weighted by atomic mass is 10.3. The zero-order valence-corrected chi connectivity index (χ0v) is 15.9. The van der Waals surface area contributed by atoms with E-state index in [1.54, 1.807) is 14.2 Å². The number of ether oxygens (including phenoxy) is 4. The summed E-state index contributed by atoms with van der Waals surface area (Å²) in [7, 11) is 3.37. The van der Waals surface area contributed by atoms with Gasteiger partial charge in [-0.25, -0.2) is 0 Å². The Morgan fingerprint density at radius 2 is 1.10 bits per heavy atom. The third-order valence-electron chi connectivity index (χ3n) is 2.16. The van der Waals surface area contributed by atoms with E-state index in [9.17, 15) is 0 Å². The summed E-state index contributed by atoms with van der Waals surface area (Å²) in [6.45, 7) is 16.6. The zero-order valence-electron chi connectivity index (χ0n) is 15.9. The molecule has 132 valence electrons. The summed E-state index contributed by atoms with van der Waals surface area (Å²) in [5, 5.41) is 0. The molecule has 0 fully saturated rings. The summed E-state index contributed by atoms with van der Waals surface area (Å²) in [5.41, 5.74) is 0. The second kappa shape index (κ2) is 22.1. The van der Waals surface area contributed by atoms with Gasteiger partial charge in [0, 0.05) is 20.8 Å². The van der Waals surface area contributed by atoms with Crippen molar-refractivity contribution in [2.45, 2.75) is 79.6 Å². The van der Waals surface area contributed by atoms with Gasteiger partial charge < -0.3 is 18.9 Å². The number of hydrogen-bond donors (Lipinski definition) is 0. The maximum absolute atomic E-state index is 5.28. The molecule has 0 amide bonds. The average molecular weight is 309 g/mol. The van der Waals surface area contributed by atoms with Crippen molar-refractivity contribution in [2.24, 2.45) is 0 Å². The molecule has 0 bridgehead atoms. The maximum Gasteiger partial charge on any atom is 0.0703 e. The molecule has 21 heavy (non-hydrogen) atoms. The Labute approximate surface area is 133 Å². The van der Waals surface area contributed by atoms with E-state index >= 15 is 0 Å². The van der Waals surface area contributed by atoms with Crippen LogP contribution in [0.3, 0.4) is 0 Å². The van der Waals surface area contributed by atoms with Crippen LogP contribution < -0.4 is 0 Å². The van der Waals surface area contributed by atoms with E-state index < -0.39 is 0 Å². The van der Waals surface area contributed by atoms with Crippen molar-refractivity contribution in [1.29, 1.82) is 0 Å².